The number of rotatable bonds is 4. The topological polar surface area (TPSA) is 41.6 Å². The first kappa shape index (κ1) is 10.9. The van der Waals surface area contributed by atoms with Gasteiger partial charge in [-0.15, -0.1) is 0 Å². The molecule has 15 heavy (non-hydrogen) atoms. The van der Waals surface area contributed by atoms with E-state index in [0.717, 1.165) is 38.8 Å². The van der Waals surface area contributed by atoms with Gasteiger partial charge in [-0.3, -0.25) is 4.79 Å². The molecule has 0 radical (unpaired) electrons. The van der Waals surface area contributed by atoms with Gasteiger partial charge in [0.25, 0.3) is 0 Å². The van der Waals surface area contributed by atoms with Crippen LogP contribution < -0.4 is 5.32 Å². The fraction of sp³-hybridized carbons (Fsp3) is 0.909. The Morgan fingerprint density at radius 3 is 2.87 bits per heavy atom. The molecule has 4 nitrogen and oxygen atoms in total. The quantitative estimate of drug-likeness (QED) is 0.732. The largest absolute Gasteiger partial charge is 0.367 e. The molecule has 2 fully saturated rings. The minimum absolute atomic E-state index is 0.128. The fourth-order valence-electron chi connectivity index (χ4n) is 1.92. The van der Waals surface area contributed by atoms with Crippen molar-refractivity contribution in [1.29, 1.82) is 0 Å². The van der Waals surface area contributed by atoms with Crippen LogP contribution in [-0.2, 0) is 9.53 Å². The molecule has 0 spiro atoms. The second-order valence-corrected chi connectivity index (χ2v) is 4.52. The van der Waals surface area contributed by atoms with E-state index in [-0.39, 0.29) is 18.6 Å². The Bertz CT molecular complexity index is 223. The van der Waals surface area contributed by atoms with Gasteiger partial charge in [0, 0.05) is 19.6 Å². The molecule has 1 atom stereocenters. The molecule has 1 saturated carbocycles. The summed E-state index contributed by atoms with van der Waals surface area (Å²) in [6.45, 7) is 2.22. The first-order valence-electron chi connectivity index (χ1n) is 5.85. The minimum Gasteiger partial charge on any atom is -0.367 e. The molecule has 2 aliphatic rings. The Hall–Kier alpha value is -0.610. The highest BCUT2D eigenvalue weighted by Crippen LogP contribution is 2.25. The molecule has 1 aliphatic heterocycles. The molecule has 4 heteroatoms. The second kappa shape index (κ2) is 4.94. The summed E-state index contributed by atoms with van der Waals surface area (Å²) >= 11 is 0. The van der Waals surface area contributed by atoms with Gasteiger partial charge in [0.05, 0.1) is 6.10 Å². The number of nitrogens with one attached hydrogen (secondary N) is 1. The highest BCUT2D eigenvalue weighted by atomic mass is 16.5. The van der Waals surface area contributed by atoms with E-state index in [0.29, 0.717) is 6.04 Å². The zero-order valence-electron chi connectivity index (χ0n) is 9.37. The van der Waals surface area contributed by atoms with Crippen LogP contribution in [0.3, 0.4) is 0 Å². The van der Waals surface area contributed by atoms with Gasteiger partial charge in [0.2, 0.25) is 5.91 Å². The van der Waals surface area contributed by atoms with Gasteiger partial charge in [-0.05, 0) is 32.2 Å². The second-order valence-electron chi connectivity index (χ2n) is 4.52. The minimum atomic E-state index is 0.128. The van der Waals surface area contributed by atoms with Crippen LogP contribution in [0.2, 0.25) is 0 Å². The van der Waals surface area contributed by atoms with Crippen molar-refractivity contribution < 1.29 is 9.53 Å². The van der Waals surface area contributed by atoms with E-state index in [1.54, 1.807) is 0 Å². The van der Waals surface area contributed by atoms with E-state index in [4.69, 9.17) is 4.74 Å². The van der Waals surface area contributed by atoms with Gasteiger partial charge in [-0.2, -0.15) is 0 Å². The summed E-state index contributed by atoms with van der Waals surface area (Å²) < 4.78 is 5.59. The Morgan fingerprint density at radius 1 is 1.47 bits per heavy atom. The van der Waals surface area contributed by atoms with Crippen LogP contribution >= 0.6 is 0 Å². The number of hydrogen-bond donors (Lipinski definition) is 1. The van der Waals surface area contributed by atoms with Crippen LogP contribution in [-0.4, -0.2) is 49.7 Å². The lowest BCUT2D eigenvalue weighted by Crippen LogP contribution is -2.39. The SMILES string of the molecule is CN(C(=O)CO[C@H]1CCCNC1)C1CC1. The Balaban J connectivity index is 1.65. The molecular formula is C11H20N2O2. The number of hydrogen-bond acceptors (Lipinski definition) is 3. The van der Waals surface area contributed by atoms with E-state index in [1.165, 1.54) is 0 Å². The number of piperidine rings is 1. The molecule has 1 amide bonds. The molecule has 1 saturated heterocycles. The molecule has 0 aromatic rings. The summed E-state index contributed by atoms with van der Waals surface area (Å²) in [5.41, 5.74) is 0. The highest BCUT2D eigenvalue weighted by Gasteiger charge is 2.29. The molecule has 1 N–H and O–H groups in total. The van der Waals surface area contributed by atoms with Crippen LogP contribution in [0.15, 0.2) is 0 Å². The molecule has 0 aromatic heterocycles. The molecule has 1 heterocycles. The van der Waals surface area contributed by atoms with Gasteiger partial charge < -0.3 is 15.0 Å². The van der Waals surface area contributed by atoms with Crippen molar-refractivity contribution in [3.8, 4) is 0 Å². The van der Waals surface area contributed by atoms with Crippen LogP contribution in [0.1, 0.15) is 25.7 Å². The van der Waals surface area contributed by atoms with E-state index < -0.39 is 0 Å². The molecule has 86 valence electrons. The number of carbonyl (C=O) groups excluding carboxylic acids is 1. The average molecular weight is 212 g/mol. The van der Waals surface area contributed by atoms with Crippen molar-refractivity contribution in [2.24, 2.45) is 0 Å². The maximum Gasteiger partial charge on any atom is 0.248 e. The maximum absolute atomic E-state index is 11.6. The summed E-state index contributed by atoms with van der Waals surface area (Å²) in [5, 5.41) is 3.27. The fourth-order valence-corrected chi connectivity index (χ4v) is 1.92. The zero-order chi connectivity index (χ0) is 10.7. The average Bonchev–Trinajstić information content (AvgIpc) is 3.10. The Kier molecular flexibility index (Phi) is 3.59. The standard InChI is InChI=1S/C11H20N2O2/c1-13(9-4-5-9)11(14)8-15-10-3-2-6-12-7-10/h9-10,12H,2-8H2,1H3/t10-/m0/s1. The summed E-state index contributed by atoms with van der Waals surface area (Å²) in [7, 11) is 1.88. The van der Waals surface area contributed by atoms with Crippen molar-refractivity contribution in [1.82, 2.24) is 10.2 Å². The zero-order valence-corrected chi connectivity index (χ0v) is 9.37. The Morgan fingerprint density at radius 2 is 2.27 bits per heavy atom. The lowest BCUT2D eigenvalue weighted by Gasteiger charge is -2.24. The Labute approximate surface area is 91.0 Å². The van der Waals surface area contributed by atoms with Gasteiger partial charge >= 0.3 is 0 Å². The van der Waals surface area contributed by atoms with E-state index in [2.05, 4.69) is 5.32 Å². The van der Waals surface area contributed by atoms with Crippen LogP contribution in [0.5, 0.6) is 0 Å². The lowest BCUT2D eigenvalue weighted by molar-refractivity contribution is -0.137. The molecule has 2 rings (SSSR count). The summed E-state index contributed by atoms with van der Waals surface area (Å²) in [6, 6.07) is 0.491. The van der Waals surface area contributed by atoms with Crippen LogP contribution in [0, 0.1) is 0 Å². The van der Waals surface area contributed by atoms with Crippen LogP contribution in [0.25, 0.3) is 0 Å². The first-order valence-corrected chi connectivity index (χ1v) is 5.85. The van der Waals surface area contributed by atoms with Gasteiger partial charge in [0.15, 0.2) is 0 Å². The molecule has 0 unspecified atom stereocenters. The summed E-state index contributed by atoms with van der Waals surface area (Å²) in [5.74, 6) is 0.128. The maximum atomic E-state index is 11.6. The molecule has 0 bridgehead atoms. The monoisotopic (exact) mass is 212 g/mol. The number of likely N-dealkylation sites (N-methyl/N-ethyl adjacent to an activating group) is 1. The third-order valence-electron chi connectivity index (χ3n) is 3.18. The van der Waals surface area contributed by atoms with Gasteiger partial charge in [0.1, 0.15) is 6.61 Å². The van der Waals surface area contributed by atoms with Gasteiger partial charge in [-0.25, -0.2) is 0 Å². The van der Waals surface area contributed by atoms with Crippen molar-refractivity contribution in [3.63, 3.8) is 0 Å². The summed E-state index contributed by atoms with van der Waals surface area (Å²) in [6.07, 6.45) is 4.78. The first-order chi connectivity index (χ1) is 7.27. The number of ether oxygens (including phenoxy) is 1. The number of carbonyl (C=O) groups is 1. The normalized spacial score (nSPS) is 26.3. The number of amides is 1. The summed E-state index contributed by atoms with van der Waals surface area (Å²) in [4.78, 5) is 13.5. The number of nitrogens with zero attached hydrogens (tertiary/aromatic N) is 1. The predicted octanol–water partition coefficient (Wildman–Crippen LogP) is 0.376. The van der Waals surface area contributed by atoms with Crippen molar-refractivity contribution >= 4 is 5.91 Å². The van der Waals surface area contributed by atoms with Crippen LogP contribution in [0.4, 0.5) is 0 Å². The predicted molar refractivity (Wildman–Crippen MR) is 57.6 cm³/mol. The van der Waals surface area contributed by atoms with Crippen molar-refractivity contribution in [2.75, 3.05) is 26.7 Å². The third kappa shape index (κ3) is 3.18. The van der Waals surface area contributed by atoms with E-state index in [9.17, 15) is 4.79 Å². The van der Waals surface area contributed by atoms with Gasteiger partial charge in [-0.1, -0.05) is 0 Å². The third-order valence-corrected chi connectivity index (χ3v) is 3.18. The van der Waals surface area contributed by atoms with E-state index >= 15 is 0 Å². The molecule has 1 aliphatic carbocycles. The van der Waals surface area contributed by atoms with Crippen molar-refractivity contribution in [3.05, 3.63) is 0 Å². The lowest BCUT2D eigenvalue weighted by atomic mass is 10.1. The van der Waals surface area contributed by atoms with E-state index in [1.807, 2.05) is 11.9 Å². The highest BCUT2D eigenvalue weighted by molar-refractivity contribution is 5.77. The molecular weight excluding hydrogens is 192 g/mol. The smallest absolute Gasteiger partial charge is 0.248 e. The van der Waals surface area contributed by atoms with Crippen molar-refractivity contribution in [2.45, 2.75) is 37.8 Å². The molecule has 0 aromatic carbocycles.